The lowest BCUT2D eigenvalue weighted by molar-refractivity contribution is -0.120. The van der Waals surface area contributed by atoms with Gasteiger partial charge in [0.25, 0.3) is 5.91 Å². The van der Waals surface area contributed by atoms with E-state index in [1.54, 1.807) is 0 Å². The largest absolute Gasteiger partial charge is 0.352 e. The van der Waals surface area contributed by atoms with Crippen LogP contribution >= 0.6 is 0 Å². The zero-order valence-electron chi connectivity index (χ0n) is 15.5. The van der Waals surface area contributed by atoms with Crippen molar-refractivity contribution >= 4 is 11.8 Å². The third-order valence-electron chi connectivity index (χ3n) is 3.92. The van der Waals surface area contributed by atoms with Gasteiger partial charge in [-0.1, -0.05) is 29.8 Å². The summed E-state index contributed by atoms with van der Waals surface area (Å²) in [6, 6.07) is 8.28. The monoisotopic (exact) mass is 342 g/mol. The molecule has 1 aromatic heterocycles. The van der Waals surface area contributed by atoms with E-state index >= 15 is 0 Å². The molecule has 0 atom stereocenters. The topological polar surface area (TPSA) is 76.0 Å². The van der Waals surface area contributed by atoms with Gasteiger partial charge in [0.2, 0.25) is 5.91 Å². The minimum atomic E-state index is -0.274. The van der Waals surface area contributed by atoms with E-state index in [9.17, 15) is 9.59 Å². The molecule has 1 aromatic carbocycles. The maximum atomic E-state index is 12.4. The van der Waals surface area contributed by atoms with Crippen molar-refractivity contribution in [3.05, 3.63) is 52.3 Å². The Kier molecular flexibility index (Phi) is 5.96. The highest BCUT2D eigenvalue weighted by Gasteiger charge is 2.19. The smallest absolute Gasteiger partial charge is 0.255 e. The molecular formula is C19H26N4O2. The third kappa shape index (κ3) is 4.92. The second kappa shape index (κ2) is 7.96. The van der Waals surface area contributed by atoms with Crippen LogP contribution in [0.5, 0.6) is 0 Å². The standard InChI is InChI=1S/C19H26N4O2/c1-12(2)21-17(24)10-20-19(25)18-14(4)22-23(15(18)5)11-16-8-6-13(3)7-9-16/h6-9,12H,10-11H2,1-5H3,(H,20,25)(H,21,24). The number of carbonyl (C=O) groups is 2. The molecule has 6 heteroatoms. The molecule has 0 aliphatic carbocycles. The number of rotatable bonds is 6. The molecule has 134 valence electrons. The Morgan fingerprint density at radius 2 is 1.76 bits per heavy atom. The molecule has 1 heterocycles. The van der Waals surface area contributed by atoms with Crippen molar-refractivity contribution in [2.45, 2.75) is 47.2 Å². The highest BCUT2D eigenvalue weighted by Crippen LogP contribution is 2.15. The second-order valence-corrected chi connectivity index (χ2v) is 6.59. The van der Waals surface area contributed by atoms with Crippen LogP contribution in [0.4, 0.5) is 0 Å². The van der Waals surface area contributed by atoms with Crippen LogP contribution in [-0.4, -0.2) is 34.2 Å². The molecule has 0 unspecified atom stereocenters. The summed E-state index contributed by atoms with van der Waals surface area (Å²) >= 11 is 0. The van der Waals surface area contributed by atoms with Gasteiger partial charge < -0.3 is 10.6 Å². The van der Waals surface area contributed by atoms with Gasteiger partial charge >= 0.3 is 0 Å². The second-order valence-electron chi connectivity index (χ2n) is 6.59. The van der Waals surface area contributed by atoms with Gasteiger partial charge in [-0.2, -0.15) is 5.10 Å². The number of nitrogens with one attached hydrogen (secondary N) is 2. The van der Waals surface area contributed by atoms with E-state index in [-0.39, 0.29) is 24.4 Å². The van der Waals surface area contributed by atoms with E-state index in [0.29, 0.717) is 17.8 Å². The van der Waals surface area contributed by atoms with Crippen LogP contribution in [0, 0.1) is 20.8 Å². The normalized spacial score (nSPS) is 10.8. The first-order valence-electron chi connectivity index (χ1n) is 8.45. The van der Waals surface area contributed by atoms with Gasteiger partial charge in [0.15, 0.2) is 0 Å². The molecule has 2 aromatic rings. The number of hydrogen-bond acceptors (Lipinski definition) is 3. The number of aromatic nitrogens is 2. The zero-order chi connectivity index (χ0) is 18.6. The van der Waals surface area contributed by atoms with E-state index in [2.05, 4.69) is 40.0 Å². The number of amides is 2. The predicted octanol–water partition coefficient (Wildman–Crippen LogP) is 2.11. The lowest BCUT2D eigenvalue weighted by atomic mass is 10.1. The maximum absolute atomic E-state index is 12.4. The van der Waals surface area contributed by atoms with E-state index in [1.807, 2.05) is 39.3 Å². The minimum absolute atomic E-state index is 0.0426. The van der Waals surface area contributed by atoms with Crippen LogP contribution in [-0.2, 0) is 11.3 Å². The number of hydrogen-bond donors (Lipinski definition) is 2. The molecule has 2 rings (SSSR count). The molecular weight excluding hydrogens is 316 g/mol. The van der Waals surface area contributed by atoms with Gasteiger partial charge in [-0.15, -0.1) is 0 Å². The average Bonchev–Trinajstić information content (AvgIpc) is 2.81. The molecule has 0 bridgehead atoms. The molecule has 0 spiro atoms. The molecule has 6 nitrogen and oxygen atoms in total. The van der Waals surface area contributed by atoms with Gasteiger partial charge in [-0.25, -0.2) is 0 Å². The van der Waals surface area contributed by atoms with E-state index < -0.39 is 0 Å². The fourth-order valence-electron chi connectivity index (χ4n) is 2.67. The van der Waals surface area contributed by atoms with Gasteiger partial charge in [-0.3, -0.25) is 14.3 Å². The molecule has 0 saturated heterocycles. The van der Waals surface area contributed by atoms with Crippen LogP contribution in [0.3, 0.4) is 0 Å². The fourth-order valence-corrected chi connectivity index (χ4v) is 2.67. The van der Waals surface area contributed by atoms with Crippen LogP contribution in [0.25, 0.3) is 0 Å². The van der Waals surface area contributed by atoms with Crippen molar-refractivity contribution in [3.8, 4) is 0 Å². The molecule has 0 fully saturated rings. The first kappa shape index (κ1) is 18.7. The number of aryl methyl sites for hydroxylation is 2. The van der Waals surface area contributed by atoms with Crippen molar-refractivity contribution in [3.63, 3.8) is 0 Å². The summed E-state index contributed by atoms with van der Waals surface area (Å²) < 4.78 is 1.82. The maximum Gasteiger partial charge on any atom is 0.255 e. The van der Waals surface area contributed by atoms with Crippen LogP contribution in [0.15, 0.2) is 24.3 Å². The Hall–Kier alpha value is -2.63. The Balaban J connectivity index is 2.09. The number of nitrogens with zero attached hydrogens (tertiary/aromatic N) is 2. The molecule has 0 radical (unpaired) electrons. The van der Waals surface area contributed by atoms with Crippen LogP contribution < -0.4 is 10.6 Å². The Bertz CT molecular complexity index is 760. The summed E-state index contributed by atoms with van der Waals surface area (Å²) in [5.74, 6) is -0.477. The first-order valence-corrected chi connectivity index (χ1v) is 8.45. The highest BCUT2D eigenvalue weighted by atomic mass is 16.2. The lowest BCUT2D eigenvalue weighted by Crippen LogP contribution is -2.40. The lowest BCUT2D eigenvalue weighted by Gasteiger charge is -2.10. The van der Waals surface area contributed by atoms with Gasteiger partial charge in [0, 0.05) is 11.7 Å². The van der Waals surface area contributed by atoms with Crippen molar-refractivity contribution in [2.24, 2.45) is 0 Å². The summed E-state index contributed by atoms with van der Waals surface area (Å²) in [4.78, 5) is 24.1. The van der Waals surface area contributed by atoms with Gasteiger partial charge in [-0.05, 0) is 40.2 Å². The SMILES string of the molecule is Cc1ccc(Cn2nc(C)c(C(=O)NCC(=O)NC(C)C)c2C)cc1. The fraction of sp³-hybridized carbons (Fsp3) is 0.421. The summed E-state index contributed by atoms with van der Waals surface area (Å²) in [7, 11) is 0. The predicted molar refractivity (Wildman–Crippen MR) is 97.6 cm³/mol. The minimum Gasteiger partial charge on any atom is -0.352 e. The first-order chi connectivity index (χ1) is 11.8. The number of carbonyl (C=O) groups excluding carboxylic acids is 2. The van der Waals surface area contributed by atoms with Gasteiger partial charge in [0.1, 0.15) is 0 Å². The summed E-state index contributed by atoms with van der Waals surface area (Å²) in [5.41, 5.74) is 4.31. The third-order valence-corrected chi connectivity index (χ3v) is 3.92. The summed E-state index contributed by atoms with van der Waals surface area (Å²) in [6.45, 7) is 10.0. The molecule has 0 aliphatic rings. The van der Waals surface area contributed by atoms with Crippen molar-refractivity contribution in [2.75, 3.05) is 6.54 Å². The average molecular weight is 342 g/mol. The Morgan fingerprint density at radius 3 is 2.36 bits per heavy atom. The molecule has 25 heavy (non-hydrogen) atoms. The highest BCUT2D eigenvalue weighted by molar-refractivity contribution is 5.98. The zero-order valence-corrected chi connectivity index (χ0v) is 15.5. The Labute approximate surface area is 148 Å². The molecule has 0 saturated carbocycles. The Morgan fingerprint density at radius 1 is 1.12 bits per heavy atom. The molecule has 0 aliphatic heterocycles. The molecule has 2 N–H and O–H groups in total. The van der Waals surface area contributed by atoms with Crippen LogP contribution in [0.2, 0.25) is 0 Å². The van der Waals surface area contributed by atoms with E-state index in [4.69, 9.17) is 0 Å². The molecule has 2 amide bonds. The van der Waals surface area contributed by atoms with Crippen molar-refractivity contribution < 1.29 is 9.59 Å². The van der Waals surface area contributed by atoms with Crippen molar-refractivity contribution in [1.29, 1.82) is 0 Å². The summed E-state index contributed by atoms with van der Waals surface area (Å²) in [5, 5.41) is 9.89. The van der Waals surface area contributed by atoms with Gasteiger partial charge in [0.05, 0.1) is 24.3 Å². The van der Waals surface area contributed by atoms with Crippen LogP contribution in [0.1, 0.15) is 46.7 Å². The quantitative estimate of drug-likeness (QED) is 0.844. The van der Waals surface area contributed by atoms with E-state index in [0.717, 1.165) is 11.3 Å². The summed E-state index contributed by atoms with van der Waals surface area (Å²) in [6.07, 6.45) is 0. The van der Waals surface area contributed by atoms with Crippen molar-refractivity contribution in [1.82, 2.24) is 20.4 Å². The van der Waals surface area contributed by atoms with E-state index in [1.165, 1.54) is 5.56 Å². The number of benzene rings is 1.